The van der Waals surface area contributed by atoms with Gasteiger partial charge in [-0.3, -0.25) is 4.79 Å². The van der Waals surface area contributed by atoms with E-state index in [1.165, 1.54) is 0 Å². The maximum Gasteiger partial charge on any atom is 0.307 e. The van der Waals surface area contributed by atoms with Crippen LogP contribution in [0.3, 0.4) is 0 Å². The van der Waals surface area contributed by atoms with Crippen LogP contribution in [0.1, 0.15) is 40.0 Å². The summed E-state index contributed by atoms with van der Waals surface area (Å²) in [7, 11) is -3.63. The summed E-state index contributed by atoms with van der Waals surface area (Å²) in [6, 6.07) is 0. The Labute approximate surface area is 127 Å². The number of hydrogen-bond donors (Lipinski definition) is 2. The van der Waals surface area contributed by atoms with Crippen molar-refractivity contribution in [2.45, 2.75) is 45.6 Å². The number of nitrogens with one attached hydrogen (secondary N) is 1. The van der Waals surface area contributed by atoms with E-state index in [2.05, 4.69) is 9.62 Å². The SMILES string of the molecule is CC(C)(C)OC(=O)CCN1CCC[C@@H](CNS(N)(=O)=O)C1. The Morgan fingerprint density at radius 1 is 1.43 bits per heavy atom. The van der Waals surface area contributed by atoms with Crippen molar-refractivity contribution < 1.29 is 17.9 Å². The predicted octanol–water partition coefficient (Wildman–Crippen LogP) is 0.223. The monoisotopic (exact) mass is 321 g/mol. The van der Waals surface area contributed by atoms with Gasteiger partial charge < -0.3 is 9.64 Å². The fraction of sp³-hybridized carbons (Fsp3) is 0.923. The lowest BCUT2D eigenvalue weighted by atomic mass is 9.98. The number of carbonyl (C=O) groups excluding carboxylic acids is 1. The van der Waals surface area contributed by atoms with Crippen molar-refractivity contribution in [1.82, 2.24) is 9.62 Å². The lowest BCUT2D eigenvalue weighted by molar-refractivity contribution is -0.155. The zero-order valence-corrected chi connectivity index (χ0v) is 13.9. The van der Waals surface area contributed by atoms with E-state index in [-0.39, 0.29) is 11.9 Å². The maximum atomic E-state index is 11.7. The first-order chi connectivity index (χ1) is 9.55. The van der Waals surface area contributed by atoms with Gasteiger partial charge in [0.05, 0.1) is 6.42 Å². The van der Waals surface area contributed by atoms with E-state index in [4.69, 9.17) is 9.88 Å². The lowest BCUT2D eigenvalue weighted by Crippen LogP contribution is -2.43. The van der Waals surface area contributed by atoms with Crippen molar-refractivity contribution in [3.8, 4) is 0 Å². The molecule has 0 aliphatic carbocycles. The van der Waals surface area contributed by atoms with Crippen LogP contribution in [0.15, 0.2) is 0 Å². The van der Waals surface area contributed by atoms with E-state index in [9.17, 15) is 13.2 Å². The molecule has 21 heavy (non-hydrogen) atoms. The van der Waals surface area contributed by atoms with Crippen molar-refractivity contribution in [3.05, 3.63) is 0 Å². The van der Waals surface area contributed by atoms with E-state index >= 15 is 0 Å². The van der Waals surface area contributed by atoms with Gasteiger partial charge in [-0.25, -0.2) is 9.86 Å². The average molecular weight is 321 g/mol. The highest BCUT2D eigenvalue weighted by atomic mass is 32.2. The molecule has 1 fully saturated rings. The first-order valence-corrected chi connectivity index (χ1v) is 8.81. The predicted molar refractivity (Wildman–Crippen MR) is 80.7 cm³/mol. The van der Waals surface area contributed by atoms with Gasteiger partial charge in [-0.05, 0) is 46.1 Å². The molecule has 1 aliphatic rings. The molecule has 0 aromatic rings. The summed E-state index contributed by atoms with van der Waals surface area (Å²) < 4.78 is 29.4. The van der Waals surface area contributed by atoms with Gasteiger partial charge in [-0.15, -0.1) is 0 Å². The standard InChI is InChI=1S/C13H27N3O4S/c1-13(2,3)20-12(17)6-8-16-7-4-5-11(10-16)9-15-21(14,18)19/h11,15H,4-10H2,1-3H3,(H2,14,18,19)/t11-/m0/s1. The Morgan fingerprint density at radius 2 is 2.10 bits per heavy atom. The molecular weight excluding hydrogens is 294 g/mol. The number of ether oxygens (including phenoxy) is 1. The topological polar surface area (TPSA) is 102 Å². The molecule has 0 spiro atoms. The molecule has 1 rings (SSSR count). The number of hydrogen-bond acceptors (Lipinski definition) is 5. The highest BCUT2D eigenvalue weighted by molar-refractivity contribution is 7.87. The quantitative estimate of drug-likeness (QED) is 0.682. The number of carbonyl (C=O) groups is 1. The van der Waals surface area contributed by atoms with Crippen LogP contribution in [0.4, 0.5) is 0 Å². The number of rotatable bonds is 6. The maximum absolute atomic E-state index is 11.7. The summed E-state index contributed by atoms with van der Waals surface area (Å²) in [6.07, 6.45) is 2.31. The second-order valence-corrected chi connectivity index (χ2v) is 7.92. The second-order valence-electron chi connectivity index (χ2n) is 6.54. The van der Waals surface area contributed by atoms with Crippen molar-refractivity contribution in [1.29, 1.82) is 0 Å². The van der Waals surface area contributed by atoms with Crippen LogP contribution in [0.5, 0.6) is 0 Å². The van der Waals surface area contributed by atoms with Gasteiger partial charge in [0.25, 0.3) is 10.2 Å². The van der Waals surface area contributed by atoms with Crippen LogP contribution in [0.2, 0.25) is 0 Å². The Balaban J connectivity index is 2.31. The highest BCUT2D eigenvalue weighted by Gasteiger charge is 2.22. The summed E-state index contributed by atoms with van der Waals surface area (Å²) in [4.78, 5) is 13.9. The van der Waals surface area contributed by atoms with Crippen LogP contribution >= 0.6 is 0 Å². The van der Waals surface area contributed by atoms with Crippen LogP contribution in [0.25, 0.3) is 0 Å². The molecular formula is C13H27N3O4S. The van der Waals surface area contributed by atoms with Gasteiger partial charge in [0.15, 0.2) is 0 Å². The van der Waals surface area contributed by atoms with Crippen molar-refractivity contribution in [3.63, 3.8) is 0 Å². The van der Waals surface area contributed by atoms with E-state index in [1.807, 2.05) is 20.8 Å². The van der Waals surface area contributed by atoms with E-state index < -0.39 is 15.8 Å². The smallest absolute Gasteiger partial charge is 0.307 e. The highest BCUT2D eigenvalue weighted by Crippen LogP contribution is 2.16. The molecule has 1 heterocycles. The molecule has 124 valence electrons. The number of nitrogens with two attached hydrogens (primary N) is 1. The Hall–Kier alpha value is -0.700. The zero-order chi connectivity index (χ0) is 16.1. The molecule has 8 heteroatoms. The first-order valence-electron chi connectivity index (χ1n) is 7.27. The summed E-state index contributed by atoms with van der Waals surface area (Å²) in [5.41, 5.74) is -0.457. The molecule has 0 saturated carbocycles. The minimum atomic E-state index is -3.63. The number of piperidine rings is 1. The molecule has 0 bridgehead atoms. The van der Waals surface area contributed by atoms with E-state index in [0.29, 0.717) is 19.5 Å². The molecule has 1 atom stereocenters. The van der Waals surface area contributed by atoms with Crippen molar-refractivity contribution in [2.75, 3.05) is 26.2 Å². The third-order valence-electron chi connectivity index (χ3n) is 3.23. The van der Waals surface area contributed by atoms with Crippen molar-refractivity contribution >= 4 is 16.2 Å². The van der Waals surface area contributed by atoms with Gasteiger partial charge in [-0.1, -0.05) is 0 Å². The average Bonchev–Trinajstić information content (AvgIpc) is 2.32. The van der Waals surface area contributed by atoms with Gasteiger partial charge in [0.2, 0.25) is 0 Å². The van der Waals surface area contributed by atoms with E-state index in [1.54, 1.807) is 0 Å². The molecule has 0 amide bonds. The molecule has 3 N–H and O–H groups in total. The largest absolute Gasteiger partial charge is 0.460 e. The van der Waals surface area contributed by atoms with Crippen molar-refractivity contribution in [2.24, 2.45) is 11.1 Å². The number of likely N-dealkylation sites (tertiary alicyclic amines) is 1. The van der Waals surface area contributed by atoms with Gasteiger partial charge in [0, 0.05) is 19.6 Å². The third-order valence-corrected chi connectivity index (χ3v) is 3.80. The summed E-state index contributed by atoms with van der Waals surface area (Å²) >= 11 is 0. The molecule has 0 radical (unpaired) electrons. The van der Waals surface area contributed by atoms with Gasteiger partial charge >= 0.3 is 5.97 Å². The van der Waals surface area contributed by atoms with Gasteiger partial charge in [-0.2, -0.15) is 8.42 Å². The Morgan fingerprint density at radius 3 is 2.67 bits per heavy atom. The molecule has 1 aliphatic heterocycles. The molecule has 0 unspecified atom stereocenters. The summed E-state index contributed by atoms with van der Waals surface area (Å²) in [5.74, 6) is 0.0306. The van der Waals surface area contributed by atoms with Crippen LogP contribution in [0, 0.1) is 5.92 Å². The molecule has 1 saturated heterocycles. The van der Waals surface area contributed by atoms with E-state index in [0.717, 1.165) is 25.9 Å². The van der Waals surface area contributed by atoms with Gasteiger partial charge in [0.1, 0.15) is 5.60 Å². The van der Waals surface area contributed by atoms with Crippen LogP contribution < -0.4 is 9.86 Å². The zero-order valence-electron chi connectivity index (χ0n) is 13.1. The lowest BCUT2D eigenvalue weighted by Gasteiger charge is -2.32. The fourth-order valence-corrected chi connectivity index (χ4v) is 2.86. The number of esters is 1. The first kappa shape index (κ1) is 18.3. The Kier molecular flexibility index (Phi) is 6.58. The van der Waals surface area contributed by atoms with Crippen LogP contribution in [-0.4, -0.2) is 51.1 Å². The normalized spacial score (nSPS) is 21.2. The van der Waals surface area contributed by atoms with Crippen LogP contribution in [-0.2, 0) is 19.7 Å². The fourth-order valence-electron chi connectivity index (χ4n) is 2.40. The minimum Gasteiger partial charge on any atom is -0.460 e. The molecule has 0 aromatic carbocycles. The molecule has 0 aromatic heterocycles. The minimum absolute atomic E-state index is 0.202. The summed E-state index contributed by atoms with van der Waals surface area (Å²) in [5, 5.41) is 4.93. The molecule has 7 nitrogen and oxygen atoms in total. The third kappa shape index (κ3) is 9.02. The second kappa shape index (κ2) is 7.53. The summed E-state index contributed by atoms with van der Waals surface area (Å²) in [6.45, 7) is 8.23. The Bertz CT molecular complexity index is 445. The number of nitrogens with zero attached hydrogens (tertiary/aromatic N) is 1.